The van der Waals surface area contributed by atoms with Crippen LogP contribution in [0.15, 0.2) is 95.5 Å². The molecule has 4 aromatic carbocycles. The first-order valence-electron chi connectivity index (χ1n) is 12.8. The first kappa shape index (κ1) is 21.9. The fourth-order valence-corrected chi connectivity index (χ4v) is 5.60. The van der Waals surface area contributed by atoms with Crippen LogP contribution in [-0.2, 0) is 5.41 Å². The lowest BCUT2D eigenvalue weighted by Crippen LogP contribution is -2.11. The predicted octanol–water partition coefficient (Wildman–Crippen LogP) is 9.64. The molecule has 7 rings (SSSR count). The number of nitrogens with zero attached hydrogens (tertiary/aromatic N) is 1. The molecule has 1 N–H and O–H groups in total. The molecule has 0 fully saturated rings. The smallest absolute Gasteiger partial charge is 0.143 e. The summed E-state index contributed by atoms with van der Waals surface area (Å²) in [6, 6.07) is 30.1. The number of rotatable bonds is 1. The minimum atomic E-state index is 0.0535. The highest BCUT2D eigenvalue weighted by molar-refractivity contribution is 6.14. The van der Waals surface area contributed by atoms with E-state index in [-0.39, 0.29) is 5.41 Å². The van der Waals surface area contributed by atoms with Crippen molar-refractivity contribution >= 4 is 33.3 Å². The highest BCUT2D eigenvalue weighted by Gasteiger charge is 2.25. The van der Waals surface area contributed by atoms with Gasteiger partial charge in [0.25, 0.3) is 0 Å². The Hall–Kier alpha value is -4.37. The topological polar surface area (TPSA) is 38.1 Å². The molecule has 0 spiro atoms. The van der Waals surface area contributed by atoms with E-state index in [1.54, 1.807) is 0 Å². The van der Waals surface area contributed by atoms with Gasteiger partial charge in [0.15, 0.2) is 0 Å². The van der Waals surface area contributed by atoms with Crippen LogP contribution in [0.25, 0.3) is 55.4 Å². The Morgan fingerprint density at radius 1 is 0.730 bits per heavy atom. The molecule has 3 heterocycles. The van der Waals surface area contributed by atoms with Crippen molar-refractivity contribution in [1.29, 1.82) is 0 Å². The molecule has 0 aliphatic carbocycles. The molecule has 37 heavy (non-hydrogen) atoms. The van der Waals surface area contributed by atoms with Gasteiger partial charge < -0.3 is 9.73 Å². The Morgan fingerprint density at radius 3 is 2.38 bits per heavy atom. The summed E-state index contributed by atoms with van der Waals surface area (Å²) in [5, 5.41) is 6.02. The van der Waals surface area contributed by atoms with Crippen LogP contribution in [0.5, 0.6) is 0 Å². The van der Waals surface area contributed by atoms with Crippen LogP contribution >= 0.6 is 0 Å². The van der Waals surface area contributed by atoms with E-state index >= 15 is 0 Å². The molecule has 2 bridgehead atoms. The number of benzene rings is 4. The van der Waals surface area contributed by atoms with Gasteiger partial charge in [-0.15, -0.1) is 0 Å². The van der Waals surface area contributed by atoms with Crippen molar-refractivity contribution in [2.75, 3.05) is 5.32 Å². The second-order valence-electron chi connectivity index (χ2n) is 11.0. The van der Waals surface area contributed by atoms with Crippen molar-refractivity contribution in [2.45, 2.75) is 33.1 Å². The highest BCUT2D eigenvalue weighted by atomic mass is 16.3. The summed E-state index contributed by atoms with van der Waals surface area (Å²) in [6.45, 7) is 8.93. The number of furan rings is 1. The van der Waals surface area contributed by atoms with E-state index in [4.69, 9.17) is 9.40 Å². The molecule has 0 saturated carbocycles. The lowest BCUT2D eigenvalue weighted by molar-refractivity contribution is 0.589. The van der Waals surface area contributed by atoms with E-state index in [1.165, 1.54) is 22.3 Å². The van der Waals surface area contributed by atoms with E-state index in [2.05, 4.69) is 112 Å². The van der Waals surface area contributed by atoms with Gasteiger partial charge in [-0.1, -0.05) is 63.2 Å². The van der Waals surface area contributed by atoms with E-state index in [0.29, 0.717) is 0 Å². The Labute approximate surface area is 216 Å². The minimum Gasteiger partial charge on any atom is -0.455 e. The van der Waals surface area contributed by atoms with Crippen molar-refractivity contribution in [3.63, 3.8) is 0 Å². The van der Waals surface area contributed by atoms with Gasteiger partial charge in [-0.05, 0) is 71.5 Å². The average molecular weight is 481 g/mol. The Balaban J connectivity index is 1.57. The largest absolute Gasteiger partial charge is 0.455 e. The Kier molecular flexibility index (Phi) is 4.62. The molecule has 0 atom stereocenters. The number of nitrogens with one attached hydrogen (secondary N) is 1. The highest BCUT2D eigenvalue weighted by Crippen LogP contribution is 2.49. The lowest BCUT2D eigenvalue weighted by Gasteiger charge is -2.24. The number of para-hydroxylation sites is 2. The van der Waals surface area contributed by atoms with Crippen molar-refractivity contribution in [3.05, 3.63) is 102 Å². The van der Waals surface area contributed by atoms with Crippen molar-refractivity contribution in [1.82, 2.24) is 4.98 Å². The second-order valence-corrected chi connectivity index (χ2v) is 11.0. The van der Waals surface area contributed by atoms with Gasteiger partial charge in [-0.25, -0.2) is 0 Å². The Bertz CT molecular complexity index is 1850. The number of hydrogen-bond acceptors (Lipinski definition) is 3. The molecule has 0 amide bonds. The molecule has 3 nitrogen and oxygen atoms in total. The molecule has 0 unspecified atom stereocenters. The van der Waals surface area contributed by atoms with Crippen LogP contribution < -0.4 is 5.32 Å². The van der Waals surface area contributed by atoms with Gasteiger partial charge in [-0.3, -0.25) is 4.98 Å². The SMILES string of the molecule is Cc1c2cc3c(oc4ccccc43)c1-c1cc(-c3cc(C(C)(C)C)ccn3)ccc1Nc1ccccc1-2. The van der Waals surface area contributed by atoms with Gasteiger partial charge in [0.1, 0.15) is 11.2 Å². The van der Waals surface area contributed by atoms with Gasteiger partial charge in [0.05, 0.1) is 5.69 Å². The standard InChI is InChI=1S/C34H28N2O/c1-20-25-19-26-24-10-6-8-12-31(24)37-33(26)32(20)27-17-21(30-18-22(15-16-35-30)34(2,3)4)13-14-29(27)36-28-11-7-5-9-23(25)28/h5-19,36H,1-4H3. The summed E-state index contributed by atoms with van der Waals surface area (Å²) in [7, 11) is 0. The zero-order valence-corrected chi connectivity index (χ0v) is 21.5. The molecule has 1 aliphatic heterocycles. The van der Waals surface area contributed by atoms with E-state index in [1.807, 2.05) is 12.3 Å². The molecule has 0 saturated heterocycles. The molecule has 1 aliphatic rings. The average Bonchev–Trinajstić information content (AvgIpc) is 3.26. The van der Waals surface area contributed by atoms with Gasteiger partial charge in [0, 0.05) is 50.6 Å². The van der Waals surface area contributed by atoms with E-state index in [0.717, 1.165) is 55.7 Å². The molecular formula is C34H28N2O. The zero-order valence-electron chi connectivity index (χ0n) is 21.5. The minimum absolute atomic E-state index is 0.0535. The van der Waals surface area contributed by atoms with Crippen LogP contribution in [0.1, 0.15) is 31.9 Å². The number of aromatic nitrogens is 1. The van der Waals surface area contributed by atoms with Crippen LogP contribution in [0.3, 0.4) is 0 Å². The maximum atomic E-state index is 6.55. The monoisotopic (exact) mass is 480 g/mol. The first-order valence-corrected chi connectivity index (χ1v) is 12.8. The zero-order chi connectivity index (χ0) is 25.3. The van der Waals surface area contributed by atoms with Gasteiger partial charge in [-0.2, -0.15) is 0 Å². The summed E-state index contributed by atoms with van der Waals surface area (Å²) in [5.41, 5.74) is 13.3. The fourth-order valence-electron chi connectivity index (χ4n) is 5.60. The second kappa shape index (κ2) is 7.81. The van der Waals surface area contributed by atoms with Crippen molar-refractivity contribution in [2.24, 2.45) is 0 Å². The van der Waals surface area contributed by atoms with E-state index in [9.17, 15) is 0 Å². The number of pyridine rings is 1. The van der Waals surface area contributed by atoms with Crippen molar-refractivity contribution < 1.29 is 4.42 Å². The fraction of sp³-hybridized carbons (Fsp3) is 0.147. The summed E-state index contributed by atoms with van der Waals surface area (Å²) in [6.07, 6.45) is 1.92. The normalized spacial score (nSPS) is 12.5. The number of anilines is 2. The number of fused-ring (bicyclic) bond motifs is 10. The maximum absolute atomic E-state index is 6.55. The Morgan fingerprint density at radius 2 is 1.51 bits per heavy atom. The molecule has 180 valence electrons. The first-order chi connectivity index (χ1) is 17.9. The van der Waals surface area contributed by atoms with Crippen LogP contribution in [0, 0.1) is 6.92 Å². The maximum Gasteiger partial charge on any atom is 0.143 e. The molecule has 3 heteroatoms. The van der Waals surface area contributed by atoms with Crippen LogP contribution in [0.4, 0.5) is 11.4 Å². The predicted molar refractivity (Wildman–Crippen MR) is 155 cm³/mol. The molecule has 0 radical (unpaired) electrons. The van der Waals surface area contributed by atoms with E-state index < -0.39 is 0 Å². The van der Waals surface area contributed by atoms with Gasteiger partial charge in [0.2, 0.25) is 0 Å². The number of hydrogen-bond donors (Lipinski definition) is 1. The molecular weight excluding hydrogens is 452 g/mol. The lowest BCUT2D eigenvalue weighted by atomic mass is 9.85. The molecule has 6 aromatic rings. The summed E-state index contributed by atoms with van der Waals surface area (Å²) in [4.78, 5) is 4.76. The third-order valence-electron chi connectivity index (χ3n) is 7.63. The third-order valence-corrected chi connectivity index (χ3v) is 7.63. The third kappa shape index (κ3) is 3.38. The van der Waals surface area contributed by atoms with Gasteiger partial charge >= 0.3 is 0 Å². The summed E-state index contributed by atoms with van der Waals surface area (Å²) < 4.78 is 6.55. The van der Waals surface area contributed by atoms with Crippen molar-refractivity contribution in [3.8, 4) is 33.5 Å². The van der Waals surface area contributed by atoms with Crippen LogP contribution in [0.2, 0.25) is 0 Å². The van der Waals surface area contributed by atoms with Crippen LogP contribution in [-0.4, -0.2) is 4.98 Å². The summed E-state index contributed by atoms with van der Waals surface area (Å²) >= 11 is 0. The molecule has 2 aromatic heterocycles. The summed E-state index contributed by atoms with van der Waals surface area (Å²) in [5.74, 6) is 0. The quantitative estimate of drug-likeness (QED) is 0.254.